The van der Waals surface area contributed by atoms with Gasteiger partial charge in [0.05, 0.1) is 5.75 Å². The number of sulfone groups is 1. The fourth-order valence-corrected chi connectivity index (χ4v) is 1.31. The van der Waals surface area contributed by atoms with E-state index < -0.39 is 21.8 Å². The van der Waals surface area contributed by atoms with Gasteiger partial charge in [-0.3, -0.25) is 9.69 Å². The van der Waals surface area contributed by atoms with Crippen molar-refractivity contribution >= 4 is 15.8 Å². The second kappa shape index (κ2) is 4.57. The van der Waals surface area contributed by atoms with Gasteiger partial charge in [0.15, 0.2) is 0 Å². The fraction of sp³-hybridized carbons (Fsp3) is 0.857. The van der Waals surface area contributed by atoms with Gasteiger partial charge in [0.25, 0.3) is 0 Å². The average molecular weight is 209 g/mol. The first-order valence-corrected chi connectivity index (χ1v) is 5.91. The third-order valence-electron chi connectivity index (χ3n) is 1.83. The van der Waals surface area contributed by atoms with Gasteiger partial charge in [0.2, 0.25) is 0 Å². The number of nitrogens with zero attached hydrogens (tertiary/aromatic N) is 1. The number of aliphatic carboxylic acids is 1. The second-order valence-corrected chi connectivity index (χ2v) is 5.38. The highest BCUT2D eigenvalue weighted by Crippen LogP contribution is 1.96. The Balaban J connectivity index is 4.02. The number of carboxylic acids is 1. The van der Waals surface area contributed by atoms with Crippen LogP contribution in [0.1, 0.15) is 6.92 Å². The Labute approximate surface area is 78.3 Å². The summed E-state index contributed by atoms with van der Waals surface area (Å²) in [5.41, 5.74) is 0. The monoisotopic (exact) mass is 209 g/mol. The summed E-state index contributed by atoms with van der Waals surface area (Å²) in [6.07, 6.45) is 1.13. The predicted molar refractivity (Wildman–Crippen MR) is 49.4 cm³/mol. The summed E-state index contributed by atoms with van der Waals surface area (Å²) < 4.78 is 21.5. The molecule has 0 aromatic rings. The summed E-state index contributed by atoms with van der Waals surface area (Å²) in [6.45, 7) is 1.76. The van der Waals surface area contributed by atoms with Crippen molar-refractivity contribution in [2.24, 2.45) is 0 Å². The van der Waals surface area contributed by atoms with Crippen molar-refractivity contribution < 1.29 is 18.3 Å². The van der Waals surface area contributed by atoms with E-state index in [0.717, 1.165) is 6.26 Å². The molecule has 0 aromatic carbocycles. The summed E-state index contributed by atoms with van der Waals surface area (Å²) in [7, 11) is -1.43. The molecule has 0 amide bonds. The maximum Gasteiger partial charge on any atom is 0.320 e. The zero-order chi connectivity index (χ0) is 10.6. The number of likely N-dealkylation sites (N-methyl/N-ethyl adjacent to an activating group) is 1. The molecular formula is C7H15NO4S. The summed E-state index contributed by atoms with van der Waals surface area (Å²) in [5.74, 6) is -0.961. The van der Waals surface area contributed by atoms with E-state index in [1.807, 2.05) is 0 Å². The maximum atomic E-state index is 10.8. The molecule has 78 valence electrons. The van der Waals surface area contributed by atoms with Gasteiger partial charge in [-0.1, -0.05) is 0 Å². The van der Waals surface area contributed by atoms with E-state index in [0.29, 0.717) is 0 Å². The van der Waals surface area contributed by atoms with Crippen LogP contribution in [-0.4, -0.2) is 56.0 Å². The van der Waals surface area contributed by atoms with Crippen molar-refractivity contribution in [2.45, 2.75) is 13.0 Å². The van der Waals surface area contributed by atoms with Crippen LogP contribution in [0.15, 0.2) is 0 Å². The van der Waals surface area contributed by atoms with Crippen LogP contribution in [0.25, 0.3) is 0 Å². The molecular weight excluding hydrogens is 194 g/mol. The molecule has 1 atom stereocenters. The highest BCUT2D eigenvalue weighted by Gasteiger charge is 2.17. The molecule has 0 saturated carbocycles. The highest BCUT2D eigenvalue weighted by molar-refractivity contribution is 7.90. The molecule has 13 heavy (non-hydrogen) atoms. The number of carbonyl (C=O) groups is 1. The van der Waals surface area contributed by atoms with E-state index in [4.69, 9.17) is 5.11 Å². The van der Waals surface area contributed by atoms with Crippen molar-refractivity contribution in [3.63, 3.8) is 0 Å². The third kappa shape index (κ3) is 5.59. The molecule has 0 aromatic heterocycles. The topological polar surface area (TPSA) is 74.7 Å². The van der Waals surface area contributed by atoms with Gasteiger partial charge in [-0.25, -0.2) is 8.42 Å². The Bertz CT molecular complexity index is 272. The Kier molecular flexibility index (Phi) is 4.35. The van der Waals surface area contributed by atoms with E-state index >= 15 is 0 Å². The van der Waals surface area contributed by atoms with Crippen LogP contribution < -0.4 is 0 Å². The lowest BCUT2D eigenvalue weighted by Gasteiger charge is -2.20. The molecule has 0 rings (SSSR count). The SMILES string of the molecule is CC(C(=O)O)N(C)CCS(C)(=O)=O. The molecule has 1 unspecified atom stereocenters. The molecule has 0 heterocycles. The van der Waals surface area contributed by atoms with E-state index in [9.17, 15) is 13.2 Å². The van der Waals surface area contributed by atoms with E-state index in [2.05, 4.69) is 0 Å². The molecule has 0 fully saturated rings. The largest absolute Gasteiger partial charge is 0.480 e. The van der Waals surface area contributed by atoms with Gasteiger partial charge < -0.3 is 5.11 Å². The van der Waals surface area contributed by atoms with Crippen LogP contribution in [0.5, 0.6) is 0 Å². The van der Waals surface area contributed by atoms with Crippen molar-refractivity contribution in [2.75, 3.05) is 25.6 Å². The van der Waals surface area contributed by atoms with E-state index in [1.54, 1.807) is 7.05 Å². The third-order valence-corrected chi connectivity index (χ3v) is 2.76. The van der Waals surface area contributed by atoms with Crippen molar-refractivity contribution in [1.82, 2.24) is 4.90 Å². The van der Waals surface area contributed by atoms with Gasteiger partial charge in [-0.05, 0) is 14.0 Å². The average Bonchev–Trinajstić information content (AvgIpc) is 1.97. The normalized spacial score (nSPS) is 14.5. The minimum atomic E-state index is -3.01. The van der Waals surface area contributed by atoms with E-state index in [-0.39, 0.29) is 12.3 Å². The zero-order valence-electron chi connectivity index (χ0n) is 8.02. The second-order valence-electron chi connectivity index (χ2n) is 3.12. The highest BCUT2D eigenvalue weighted by atomic mass is 32.2. The number of carboxylic acid groups (broad SMARTS) is 1. The smallest absolute Gasteiger partial charge is 0.320 e. The molecule has 5 nitrogen and oxygen atoms in total. The molecule has 0 bridgehead atoms. The zero-order valence-corrected chi connectivity index (χ0v) is 8.84. The van der Waals surface area contributed by atoms with E-state index in [1.165, 1.54) is 11.8 Å². The van der Waals surface area contributed by atoms with Crippen LogP contribution in [0, 0.1) is 0 Å². The lowest BCUT2D eigenvalue weighted by molar-refractivity contribution is -0.142. The first-order chi connectivity index (χ1) is 5.74. The molecule has 0 spiro atoms. The number of rotatable bonds is 5. The predicted octanol–water partition coefficient (Wildman–Crippen LogP) is -0.564. The number of hydrogen-bond donors (Lipinski definition) is 1. The van der Waals surface area contributed by atoms with Crippen molar-refractivity contribution in [1.29, 1.82) is 0 Å². The molecule has 0 saturated heterocycles. The molecule has 0 aliphatic carbocycles. The minimum Gasteiger partial charge on any atom is -0.480 e. The Hall–Kier alpha value is -0.620. The molecule has 1 N–H and O–H groups in total. The van der Waals surface area contributed by atoms with Crippen LogP contribution >= 0.6 is 0 Å². The summed E-state index contributed by atoms with van der Waals surface area (Å²) in [5, 5.41) is 8.59. The van der Waals surface area contributed by atoms with Gasteiger partial charge in [-0.15, -0.1) is 0 Å². The molecule has 0 aliphatic rings. The van der Waals surface area contributed by atoms with Crippen molar-refractivity contribution in [3.8, 4) is 0 Å². The van der Waals surface area contributed by atoms with Gasteiger partial charge in [0, 0.05) is 12.8 Å². The molecule has 0 aliphatic heterocycles. The van der Waals surface area contributed by atoms with Gasteiger partial charge in [-0.2, -0.15) is 0 Å². The summed E-state index contributed by atoms with van der Waals surface area (Å²) >= 11 is 0. The number of hydrogen-bond acceptors (Lipinski definition) is 4. The van der Waals surface area contributed by atoms with Crippen molar-refractivity contribution in [3.05, 3.63) is 0 Å². The van der Waals surface area contributed by atoms with Gasteiger partial charge >= 0.3 is 5.97 Å². The van der Waals surface area contributed by atoms with Crippen LogP contribution in [0.2, 0.25) is 0 Å². The maximum absolute atomic E-state index is 10.8. The Morgan fingerprint density at radius 1 is 1.54 bits per heavy atom. The first kappa shape index (κ1) is 12.4. The van der Waals surface area contributed by atoms with Crippen LogP contribution in [0.3, 0.4) is 0 Å². The Morgan fingerprint density at radius 3 is 2.31 bits per heavy atom. The van der Waals surface area contributed by atoms with Gasteiger partial charge in [0.1, 0.15) is 15.9 Å². The first-order valence-electron chi connectivity index (χ1n) is 3.85. The van der Waals surface area contributed by atoms with Crippen LogP contribution in [-0.2, 0) is 14.6 Å². The Morgan fingerprint density at radius 2 is 2.00 bits per heavy atom. The summed E-state index contributed by atoms with van der Waals surface area (Å²) in [6, 6.07) is -0.651. The molecule has 6 heteroatoms. The lowest BCUT2D eigenvalue weighted by atomic mass is 10.3. The standard InChI is InChI=1S/C7H15NO4S/c1-6(7(9)10)8(2)4-5-13(3,11)12/h6H,4-5H2,1-3H3,(H,9,10). The fourth-order valence-electron chi connectivity index (χ4n) is 0.692. The molecule has 0 radical (unpaired) electrons. The quantitative estimate of drug-likeness (QED) is 0.656. The minimum absolute atomic E-state index is 0.0128. The van der Waals surface area contributed by atoms with Crippen LogP contribution in [0.4, 0.5) is 0 Å². The lowest BCUT2D eigenvalue weighted by Crippen LogP contribution is -2.38. The summed E-state index contributed by atoms with van der Waals surface area (Å²) in [4.78, 5) is 12.0.